The normalized spacial score (nSPS) is 25.4. The molecule has 0 bridgehead atoms. The van der Waals surface area contributed by atoms with E-state index in [1.807, 2.05) is 0 Å². The van der Waals surface area contributed by atoms with Crippen molar-refractivity contribution in [1.29, 1.82) is 0 Å². The zero-order chi connectivity index (χ0) is 18.1. The monoisotopic (exact) mass is 348 g/mol. The summed E-state index contributed by atoms with van der Waals surface area (Å²) in [7, 11) is 0. The number of aliphatic carboxylic acids is 1. The second-order valence-corrected chi connectivity index (χ2v) is 6.79. The number of carboxylic acids is 1. The van der Waals surface area contributed by atoms with Crippen molar-refractivity contribution in [3.63, 3.8) is 0 Å². The molecule has 1 saturated heterocycles. The summed E-state index contributed by atoms with van der Waals surface area (Å²) in [6.45, 7) is 1.27. The van der Waals surface area contributed by atoms with Crippen molar-refractivity contribution < 1.29 is 23.9 Å². The van der Waals surface area contributed by atoms with Crippen LogP contribution in [0.5, 0.6) is 0 Å². The van der Waals surface area contributed by atoms with Gasteiger partial charge in [0.1, 0.15) is 11.9 Å². The zero-order valence-electron chi connectivity index (χ0n) is 14.0. The molecule has 7 heteroatoms. The van der Waals surface area contributed by atoms with Gasteiger partial charge in [-0.3, -0.25) is 9.59 Å². The van der Waals surface area contributed by atoms with E-state index in [1.54, 1.807) is 0 Å². The predicted octanol–water partition coefficient (Wildman–Crippen LogP) is 2.64. The first-order valence-electron chi connectivity index (χ1n) is 8.51. The van der Waals surface area contributed by atoms with E-state index in [0.29, 0.717) is 6.42 Å². The Hall–Kier alpha value is -2.44. The summed E-state index contributed by atoms with van der Waals surface area (Å²) in [5.41, 5.74) is 0.0971. The summed E-state index contributed by atoms with van der Waals surface area (Å²) >= 11 is 0. The Morgan fingerprint density at radius 3 is 2.60 bits per heavy atom. The number of amides is 2. The molecule has 0 aromatic heterocycles. The molecule has 3 atom stereocenters. The van der Waals surface area contributed by atoms with Gasteiger partial charge in [0.05, 0.1) is 5.69 Å². The molecule has 1 aliphatic heterocycles. The molecular weight excluding hydrogens is 327 g/mol. The Balaban J connectivity index is 1.88. The first-order chi connectivity index (χ1) is 11.9. The standard InChI is InChI=1S/C18H21FN2O4/c1-10(22)20-14-7-6-12(8-13(14)19)17(23)21-15-5-3-2-4-11(15)9-16(21)18(24)25/h6-8,11,15-16H,2-5,9H2,1H3,(H,20,22)(H,24,25). The topological polar surface area (TPSA) is 86.7 Å². The molecule has 134 valence electrons. The molecule has 0 radical (unpaired) electrons. The van der Waals surface area contributed by atoms with Crippen LogP contribution in [0.1, 0.15) is 49.4 Å². The van der Waals surface area contributed by atoms with Crippen LogP contribution in [0.25, 0.3) is 0 Å². The fourth-order valence-electron chi connectivity index (χ4n) is 4.06. The van der Waals surface area contributed by atoms with E-state index in [1.165, 1.54) is 24.0 Å². The first-order valence-corrected chi connectivity index (χ1v) is 8.51. The Bertz CT molecular complexity index is 721. The molecule has 2 amide bonds. The van der Waals surface area contributed by atoms with Gasteiger partial charge in [0, 0.05) is 18.5 Å². The molecule has 3 unspecified atom stereocenters. The Morgan fingerprint density at radius 2 is 1.96 bits per heavy atom. The number of anilines is 1. The van der Waals surface area contributed by atoms with Crippen molar-refractivity contribution in [2.45, 2.75) is 51.1 Å². The van der Waals surface area contributed by atoms with Gasteiger partial charge in [-0.2, -0.15) is 0 Å². The largest absolute Gasteiger partial charge is 0.480 e. The number of carboxylic acid groups (broad SMARTS) is 1. The number of hydrogen-bond acceptors (Lipinski definition) is 3. The lowest BCUT2D eigenvalue weighted by atomic mass is 9.84. The van der Waals surface area contributed by atoms with Gasteiger partial charge in [-0.05, 0) is 43.4 Å². The van der Waals surface area contributed by atoms with Crippen molar-refractivity contribution in [1.82, 2.24) is 4.90 Å². The van der Waals surface area contributed by atoms with Crippen molar-refractivity contribution in [3.8, 4) is 0 Å². The molecule has 2 fully saturated rings. The number of nitrogens with one attached hydrogen (secondary N) is 1. The number of benzene rings is 1. The van der Waals surface area contributed by atoms with Crippen molar-refractivity contribution in [3.05, 3.63) is 29.6 Å². The minimum Gasteiger partial charge on any atom is -0.480 e. The van der Waals surface area contributed by atoms with Gasteiger partial charge >= 0.3 is 5.97 Å². The fraction of sp³-hybridized carbons (Fsp3) is 0.500. The fourth-order valence-corrected chi connectivity index (χ4v) is 4.06. The van der Waals surface area contributed by atoms with Crippen LogP contribution in [0, 0.1) is 11.7 Å². The van der Waals surface area contributed by atoms with E-state index < -0.39 is 29.6 Å². The molecule has 1 saturated carbocycles. The van der Waals surface area contributed by atoms with Crippen LogP contribution >= 0.6 is 0 Å². The van der Waals surface area contributed by atoms with Gasteiger partial charge in [0.15, 0.2) is 0 Å². The van der Waals surface area contributed by atoms with Gasteiger partial charge in [-0.15, -0.1) is 0 Å². The highest BCUT2D eigenvalue weighted by atomic mass is 19.1. The van der Waals surface area contributed by atoms with Crippen LogP contribution in [0.4, 0.5) is 10.1 Å². The van der Waals surface area contributed by atoms with Crippen LogP contribution in [0.2, 0.25) is 0 Å². The lowest BCUT2D eigenvalue weighted by molar-refractivity contribution is -0.141. The maximum absolute atomic E-state index is 14.1. The van der Waals surface area contributed by atoms with Crippen LogP contribution in [-0.4, -0.2) is 39.9 Å². The molecule has 25 heavy (non-hydrogen) atoms. The molecule has 3 rings (SSSR count). The average molecular weight is 348 g/mol. The van der Waals surface area contributed by atoms with Crippen LogP contribution in [0.3, 0.4) is 0 Å². The molecule has 1 aromatic rings. The number of fused-ring (bicyclic) bond motifs is 1. The van der Waals surface area contributed by atoms with Gasteiger partial charge in [0.2, 0.25) is 5.91 Å². The molecule has 2 N–H and O–H groups in total. The number of nitrogens with zero attached hydrogens (tertiary/aromatic N) is 1. The second kappa shape index (κ2) is 6.82. The summed E-state index contributed by atoms with van der Waals surface area (Å²) in [4.78, 5) is 37.0. The average Bonchev–Trinajstić information content (AvgIpc) is 2.95. The maximum atomic E-state index is 14.1. The van der Waals surface area contributed by atoms with Gasteiger partial charge in [0.25, 0.3) is 5.91 Å². The van der Waals surface area contributed by atoms with Crippen LogP contribution < -0.4 is 5.32 Å². The van der Waals surface area contributed by atoms with E-state index in [-0.39, 0.29) is 23.2 Å². The highest BCUT2D eigenvalue weighted by molar-refractivity contribution is 5.98. The number of carbonyl (C=O) groups is 3. The molecular formula is C18H21FN2O4. The van der Waals surface area contributed by atoms with Gasteiger partial charge in [-0.25, -0.2) is 9.18 Å². The van der Waals surface area contributed by atoms with Crippen molar-refractivity contribution >= 4 is 23.5 Å². The smallest absolute Gasteiger partial charge is 0.326 e. The third kappa shape index (κ3) is 3.36. The van der Waals surface area contributed by atoms with E-state index >= 15 is 0 Å². The van der Waals surface area contributed by atoms with Crippen LogP contribution in [0.15, 0.2) is 18.2 Å². The number of hydrogen-bond donors (Lipinski definition) is 2. The summed E-state index contributed by atoms with van der Waals surface area (Å²) in [6.07, 6.45) is 4.18. The zero-order valence-corrected chi connectivity index (χ0v) is 14.0. The second-order valence-electron chi connectivity index (χ2n) is 6.79. The molecule has 0 spiro atoms. The third-order valence-electron chi connectivity index (χ3n) is 5.13. The summed E-state index contributed by atoms with van der Waals surface area (Å²) in [5, 5.41) is 11.9. The SMILES string of the molecule is CC(=O)Nc1ccc(C(=O)N2C(C(=O)O)CC3CCCCC32)cc1F. The number of likely N-dealkylation sites (tertiary alicyclic amines) is 1. The van der Waals surface area contributed by atoms with Crippen molar-refractivity contribution in [2.75, 3.05) is 5.32 Å². The summed E-state index contributed by atoms with van der Waals surface area (Å²) < 4.78 is 14.1. The maximum Gasteiger partial charge on any atom is 0.326 e. The van der Waals surface area contributed by atoms with Gasteiger partial charge in [-0.1, -0.05) is 12.8 Å². The number of rotatable bonds is 3. The highest BCUT2D eigenvalue weighted by Crippen LogP contribution is 2.40. The first kappa shape index (κ1) is 17.4. The highest BCUT2D eigenvalue weighted by Gasteiger charge is 2.47. The molecule has 6 nitrogen and oxygen atoms in total. The minimum atomic E-state index is -1.02. The lowest BCUT2D eigenvalue weighted by Crippen LogP contribution is -2.46. The van der Waals surface area contributed by atoms with Gasteiger partial charge < -0.3 is 15.3 Å². The lowest BCUT2D eigenvalue weighted by Gasteiger charge is -2.33. The molecule has 1 heterocycles. The van der Waals surface area contributed by atoms with E-state index in [0.717, 1.165) is 31.7 Å². The van der Waals surface area contributed by atoms with E-state index in [9.17, 15) is 23.9 Å². The van der Waals surface area contributed by atoms with E-state index in [2.05, 4.69) is 5.32 Å². The summed E-state index contributed by atoms with van der Waals surface area (Å²) in [5.74, 6) is -2.41. The summed E-state index contributed by atoms with van der Waals surface area (Å²) in [6, 6.07) is 2.85. The van der Waals surface area contributed by atoms with Crippen molar-refractivity contribution in [2.24, 2.45) is 5.92 Å². The molecule has 2 aliphatic rings. The Morgan fingerprint density at radius 1 is 1.24 bits per heavy atom. The molecule has 1 aromatic carbocycles. The molecule has 1 aliphatic carbocycles. The minimum absolute atomic E-state index is 0.00389. The van der Waals surface area contributed by atoms with Crippen LogP contribution in [-0.2, 0) is 9.59 Å². The van der Waals surface area contributed by atoms with E-state index in [4.69, 9.17) is 0 Å². The number of carbonyl (C=O) groups excluding carboxylic acids is 2. The predicted molar refractivity (Wildman–Crippen MR) is 88.7 cm³/mol. The Labute approximate surface area is 145 Å². The quantitative estimate of drug-likeness (QED) is 0.879. The third-order valence-corrected chi connectivity index (χ3v) is 5.13. The number of halogens is 1. The Kier molecular flexibility index (Phi) is 4.74.